The molecule has 0 radical (unpaired) electrons. The third-order valence-electron chi connectivity index (χ3n) is 6.29. The number of hydrogen-bond donors (Lipinski definition) is 1. The van der Waals surface area contributed by atoms with Crippen LogP contribution in [-0.4, -0.2) is 47.2 Å². The number of benzene rings is 1. The summed E-state index contributed by atoms with van der Waals surface area (Å²) in [6.45, 7) is 2.43. The molecule has 0 spiro atoms. The van der Waals surface area contributed by atoms with Gasteiger partial charge in [0.1, 0.15) is 5.60 Å². The van der Waals surface area contributed by atoms with Crippen molar-refractivity contribution >= 4 is 35.1 Å². The first-order valence-electron chi connectivity index (χ1n) is 9.52. The van der Waals surface area contributed by atoms with E-state index in [1.807, 2.05) is 12.1 Å². The molecular weight excluding hydrogens is 389 g/mol. The molecule has 3 aliphatic rings. The molecule has 5 nitrogen and oxygen atoms in total. The van der Waals surface area contributed by atoms with Crippen LogP contribution in [0, 0.1) is 11.8 Å². The van der Waals surface area contributed by atoms with Crippen LogP contribution in [0.4, 0.5) is 0 Å². The zero-order valence-electron chi connectivity index (χ0n) is 15.0. The largest absolute Gasteiger partial charge is 0.473 e. The van der Waals surface area contributed by atoms with Crippen molar-refractivity contribution in [2.75, 3.05) is 19.6 Å². The van der Waals surface area contributed by atoms with Crippen LogP contribution in [0.3, 0.4) is 0 Å². The lowest BCUT2D eigenvalue weighted by Crippen LogP contribution is -2.51. The fourth-order valence-corrected chi connectivity index (χ4v) is 5.24. The molecule has 146 valence electrons. The number of carbonyl (C=O) groups excluding carboxylic acids is 1. The predicted octanol–water partition coefficient (Wildman–Crippen LogP) is 3.97. The Morgan fingerprint density at radius 2 is 1.96 bits per heavy atom. The van der Waals surface area contributed by atoms with Crippen molar-refractivity contribution in [2.24, 2.45) is 11.8 Å². The van der Waals surface area contributed by atoms with Gasteiger partial charge in [0.05, 0.1) is 10.0 Å². The summed E-state index contributed by atoms with van der Waals surface area (Å²) in [6.07, 6.45) is 5.28. The predicted molar refractivity (Wildman–Crippen MR) is 102 cm³/mol. The third kappa shape index (κ3) is 3.69. The average molecular weight is 412 g/mol. The molecule has 2 aliphatic carbocycles. The van der Waals surface area contributed by atoms with E-state index in [0.29, 0.717) is 16.6 Å². The van der Waals surface area contributed by atoms with E-state index in [-0.39, 0.29) is 11.8 Å². The highest BCUT2D eigenvalue weighted by molar-refractivity contribution is 6.42. The van der Waals surface area contributed by atoms with Gasteiger partial charge in [0.25, 0.3) is 0 Å². The van der Waals surface area contributed by atoms with Gasteiger partial charge in [-0.05, 0) is 49.3 Å². The van der Waals surface area contributed by atoms with Gasteiger partial charge >= 0.3 is 11.9 Å². The fraction of sp³-hybridized carbons (Fsp3) is 0.600. The van der Waals surface area contributed by atoms with Crippen LogP contribution < -0.4 is 0 Å². The lowest BCUT2D eigenvalue weighted by molar-refractivity contribution is -0.181. The van der Waals surface area contributed by atoms with Crippen LogP contribution in [0.1, 0.15) is 43.6 Å². The van der Waals surface area contributed by atoms with Gasteiger partial charge in [0.2, 0.25) is 0 Å². The Morgan fingerprint density at radius 1 is 1.19 bits per heavy atom. The lowest BCUT2D eigenvalue weighted by Gasteiger charge is -2.44. The number of rotatable bonds is 4. The zero-order valence-corrected chi connectivity index (χ0v) is 16.5. The highest BCUT2D eigenvalue weighted by Crippen LogP contribution is 2.52. The van der Waals surface area contributed by atoms with E-state index in [2.05, 4.69) is 4.90 Å². The average Bonchev–Trinajstić information content (AvgIpc) is 3.35. The number of nitrogens with zero attached hydrogens (tertiary/aromatic N) is 1. The van der Waals surface area contributed by atoms with E-state index >= 15 is 0 Å². The highest BCUT2D eigenvalue weighted by Gasteiger charge is 2.57. The second kappa shape index (κ2) is 7.26. The summed E-state index contributed by atoms with van der Waals surface area (Å²) in [5.74, 6) is -1.94. The number of carbonyl (C=O) groups is 2. The molecule has 0 aromatic heterocycles. The van der Waals surface area contributed by atoms with Crippen molar-refractivity contribution < 1.29 is 19.4 Å². The first kappa shape index (κ1) is 19.0. The van der Waals surface area contributed by atoms with E-state index in [0.717, 1.165) is 43.8 Å². The minimum absolute atomic E-state index is 0.0847. The quantitative estimate of drug-likeness (QED) is 0.599. The molecule has 1 aliphatic heterocycles. The number of ether oxygens (including phenoxy) is 1. The Balaban J connectivity index is 1.69. The molecular formula is C20H23Cl2NO4. The van der Waals surface area contributed by atoms with Crippen molar-refractivity contribution in [3.05, 3.63) is 33.8 Å². The van der Waals surface area contributed by atoms with Gasteiger partial charge in [-0.3, -0.25) is 4.90 Å². The Bertz CT molecular complexity index is 766. The molecule has 1 aromatic carbocycles. The second-order valence-corrected chi connectivity index (χ2v) is 8.96. The Morgan fingerprint density at radius 3 is 2.63 bits per heavy atom. The molecule has 2 saturated carbocycles. The topological polar surface area (TPSA) is 66.8 Å². The van der Waals surface area contributed by atoms with Gasteiger partial charge in [-0.25, -0.2) is 9.59 Å². The normalized spacial score (nSPS) is 30.7. The lowest BCUT2D eigenvalue weighted by atomic mass is 9.67. The van der Waals surface area contributed by atoms with Gasteiger partial charge < -0.3 is 9.84 Å². The zero-order chi connectivity index (χ0) is 19.2. The van der Waals surface area contributed by atoms with Crippen LogP contribution in [0.2, 0.25) is 10.0 Å². The van der Waals surface area contributed by atoms with Crippen LogP contribution in [0.5, 0.6) is 0 Å². The highest BCUT2D eigenvalue weighted by atomic mass is 35.5. The molecule has 0 amide bonds. The number of carboxylic acid groups (broad SMARTS) is 1. The summed E-state index contributed by atoms with van der Waals surface area (Å²) in [7, 11) is 0. The number of hydrogen-bond acceptors (Lipinski definition) is 4. The SMILES string of the molecule is O=C(O)C(=O)O[C@@]12CN(CC3CC3)C[C@@H]1CCC[C@@H]2c1ccc(Cl)c(Cl)c1. The Kier molecular flexibility index (Phi) is 5.12. The number of aliphatic carboxylic acids is 1. The van der Waals surface area contributed by atoms with Crippen molar-refractivity contribution in [2.45, 2.75) is 43.6 Å². The molecule has 7 heteroatoms. The number of halogens is 2. The Hall–Kier alpha value is -1.30. The van der Waals surface area contributed by atoms with Gasteiger partial charge in [-0.1, -0.05) is 35.7 Å². The smallest absolute Gasteiger partial charge is 0.417 e. The summed E-state index contributed by atoms with van der Waals surface area (Å²) < 4.78 is 5.78. The maximum atomic E-state index is 12.1. The van der Waals surface area contributed by atoms with E-state index in [9.17, 15) is 9.59 Å². The molecule has 0 bridgehead atoms. The van der Waals surface area contributed by atoms with Gasteiger partial charge in [-0.2, -0.15) is 0 Å². The van der Waals surface area contributed by atoms with Crippen molar-refractivity contribution in [1.82, 2.24) is 4.90 Å². The molecule has 1 heterocycles. The van der Waals surface area contributed by atoms with E-state index in [1.165, 1.54) is 12.8 Å². The maximum Gasteiger partial charge on any atom is 0.417 e. The van der Waals surface area contributed by atoms with Crippen LogP contribution in [-0.2, 0) is 14.3 Å². The summed E-state index contributed by atoms with van der Waals surface area (Å²) >= 11 is 12.3. The molecule has 0 unspecified atom stereocenters. The first-order chi connectivity index (χ1) is 12.9. The minimum atomic E-state index is -1.54. The molecule has 1 aromatic rings. The van der Waals surface area contributed by atoms with Crippen LogP contribution in [0.25, 0.3) is 0 Å². The molecule has 27 heavy (non-hydrogen) atoms. The van der Waals surface area contributed by atoms with Gasteiger partial charge in [-0.15, -0.1) is 0 Å². The second-order valence-electron chi connectivity index (χ2n) is 8.14. The minimum Gasteiger partial charge on any atom is -0.473 e. The number of carboxylic acids is 1. The summed E-state index contributed by atoms with van der Waals surface area (Å²) in [4.78, 5) is 25.7. The van der Waals surface area contributed by atoms with Crippen molar-refractivity contribution in [3.8, 4) is 0 Å². The number of likely N-dealkylation sites (tertiary alicyclic amines) is 1. The van der Waals surface area contributed by atoms with Gasteiger partial charge in [0.15, 0.2) is 0 Å². The number of fused-ring (bicyclic) bond motifs is 1. The van der Waals surface area contributed by atoms with E-state index < -0.39 is 17.5 Å². The maximum absolute atomic E-state index is 12.1. The standard InChI is InChI=1S/C20H23Cl2NO4/c21-16-7-6-13(8-17(16)22)15-3-1-2-14-10-23(9-12-4-5-12)11-20(14,15)27-19(26)18(24)25/h6-8,12,14-15H,1-5,9-11H2,(H,24,25)/t14-,15+,20-/m0/s1. The summed E-state index contributed by atoms with van der Waals surface area (Å²) in [6, 6.07) is 5.50. The van der Waals surface area contributed by atoms with E-state index in [4.69, 9.17) is 33.0 Å². The summed E-state index contributed by atoms with van der Waals surface area (Å²) in [5.41, 5.74) is 0.139. The molecule has 1 saturated heterocycles. The third-order valence-corrected chi connectivity index (χ3v) is 7.03. The molecule has 3 fully saturated rings. The van der Waals surface area contributed by atoms with Crippen molar-refractivity contribution in [1.29, 1.82) is 0 Å². The first-order valence-corrected chi connectivity index (χ1v) is 10.3. The van der Waals surface area contributed by atoms with Crippen LogP contribution in [0.15, 0.2) is 18.2 Å². The summed E-state index contributed by atoms with van der Waals surface area (Å²) in [5, 5.41) is 10.1. The molecule has 4 rings (SSSR count). The molecule has 3 atom stereocenters. The monoisotopic (exact) mass is 411 g/mol. The van der Waals surface area contributed by atoms with Crippen molar-refractivity contribution in [3.63, 3.8) is 0 Å². The number of esters is 1. The Labute approximate surface area is 168 Å². The fourth-order valence-electron chi connectivity index (χ4n) is 4.94. The van der Waals surface area contributed by atoms with Gasteiger partial charge in [0, 0.05) is 31.5 Å². The van der Waals surface area contributed by atoms with E-state index in [1.54, 1.807) is 6.07 Å². The molecule has 1 N–H and O–H groups in total. The van der Waals surface area contributed by atoms with Crippen LogP contribution >= 0.6 is 23.2 Å².